The SMILES string of the molecule is Cc1ccc(NC(=O)COc2cccc3ccc(=O)[nH]c23)c(C)c1. The van der Waals surface area contributed by atoms with Gasteiger partial charge in [0.2, 0.25) is 5.56 Å². The lowest BCUT2D eigenvalue weighted by Crippen LogP contribution is -2.21. The third-order valence-corrected chi connectivity index (χ3v) is 3.74. The molecule has 0 unspecified atom stereocenters. The lowest BCUT2D eigenvalue weighted by molar-refractivity contribution is -0.118. The summed E-state index contributed by atoms with van der Waals surface area (Å²) in [6.45, 7) is 3.81. The summed E-state index contributed by atoms with van der Waals surface area (Å²) in [6, 6.07) is 14.4. The van der Waals surface area contributed by atoms with Crippen LogP contribution in [-0.2, 0) is 4.79 Å². The fraction of sp³-hybridized carbons (Fsp3) is 0.158. The van der Waals surface area contributed by atoms with Crippen molar-refractivity contribution in [3.63, 3.8) is 0 Å². The zero-order chi connectivity index (χ0) is 17.1. The van der Waals surface area contributed by atoms with E-state index in [0.29, 0.717) is 11.3 Å². The molecule has 122 valence electrons. The van der Waals surface area contributed by atoms with Gasteiger partial charge in [0, 0.05) is 17.1 Å². The zero-order valence-electron chi connectivity index (χ0n) is 13.6. The van der Waals surface area contributed by atoms with Crippen LogP contribution in [0.15, 0.2) is 53.3 Å². The normalized spacial score (nSPS) is 10.6. The molecule has 3 rings (SSSR count). The second-order valence-electron chi connectivity index (χ2n) is 5.70. The second-order valence-corrected chi connectivity index (χ2v) is 5.70. The van der Waals surface area contributed by atoms with E-state index in [-0.39, 0.29) is 18.1 Å². The van der Waals surface area contributed by atoms with Gasteiger partial charge in [-0.3, -0.25) is 9.59 Å². The highest BCUT2D eigenvalue weighted by molar-refractivity contribution is 5.93. The van der Waals surface area contributed by atoms with Crippen LogP contribution in [0.4, 0.5) is 5.69 Å². The van der Waals surface area contributed by atoms with Crippen LogP contribution in [0, 0.1) is 13.8 Å². The van der Waals surface area contributed by atoms with Gasteiger partial charge in [-0.15, -0.1) is 0 Å². The van der Waals surface area contributed by atoms with Crippen molar-refractivity contribution in [3.05, 3.63) is 70.0 Å². The Morgan fingerprint density at radius 2 is 1.96 bits per heavy atom. The smallest absolute Gasteiger partial charge is 0.262 e. The Morgan fingerprint density at radius 3 is 2.75 bits per heavy atom. The standard InChI is InChI=1S/C19H18N2O3/c1-12-6-8-15(13(2)10-12)20-18(23)11-24-16-5-3-4-14-7-9-17(22)21-19(14)16/h3-10H,11H2,1-2H3,(H,20,23)(H,21,22). The van der Waals surface area contributed by atoms with Gasteiger partial charge in [0.05, 0.1) is 5.52 Å². The number of benzene rings is 2. The molecule has 24 heavy (non-hydrogen) atoms. The van der Waals surface area contributed by atoms with Crippen LogP contribution < -0.4 is 15.6 Å². The Bertz CT molecular complexity index is 960. The molecule has 0 fully saturated rings. The zero-order valence-corrected chi connectivity index (χ0v) is 13.6. The largest absolute Gasteiger partial charge is 0.482 e. The Labute approximate surface area is 139 Å². The summed E-state index contributed by atoms with van der Waals surface area (Å²) in [7, 11) is 0. The van der Waals surface area contributed by atoms with Crippen LogP contribution in [0.5, 0.6) is 5.75 Å². The maximum absolute atomic E-state index is 12.1. The van der Waals surface area contributed by atoms with Crippen LogP contribution in [0.1, 0.15) is 11.1 Å². The maximum Gasteiger partial charge on any atom is 0.262 e. The molecule has 5 nitrogen and oxygen atoms in total. The van der Waals surface area contributed by atoms with E-state index in [1.807, 2.05) is 44.2 Å². The maximum atomic E-state index is 12.1. The third kappa shape index (κ3) is 3.46. The summed E-state index contributed by atoms with van der Waals surface area (Å²) in [5.74, 6) is 0.221. The number of amides is 1. The summed E-state index contributed by atoms with van der Waals surface area (Å²) in [5.41, 5.74) is 3.28. The number of aromatic amines is 1. The predicted molar refractivity (Wildman–Crippen MR) is 94.6 cm³/mol. The highest BCUT2D eigenvalue weighted by atomic mass is 16.5. The van der Waals surface area contributed by atoms with Crippen molar-refractivity contribution >= 4 is 22.5 Å². The van der Waals surface area contributed by atoms with E-state index in [1.54, 1.807) is 12.1 Å². The molecule has 2 N–H and O–H groups in total. The number of H-pyrrole nitrogens is 1. The van der Waals surface area contributed by atoms with Crippen molar-refractivity contribution < 1.29 is 9.53 Å². The minimum absolute atomic E-state index is 0.136. The number of ether oxygens (including phenoxy) is 1. The van der Waals surface area contributed by atoms with Crippen LogP contribution in [0.25, 0.3) is 10.9 Å². The van der Waals surface area contributed by atoms with Gasteiger partial charge in [-0.2, -0.15) is 0 Å². The molecule has 0 bridgehead atoms. The van der Waals surface area contributed by atoms with Gasteiger partial charge < -0.3 is 15.0 Å². The van der Waals surface area contributed by atoms with Crippen molar-refractivity contribution in [2.45, 2.75) is 13.8 Å². The molecule has 0 aliphatic rings. The molecule has 3 aromatic rings. The lowest BCUT2D eigenvalue weighted by atomic mass is 10.1. The number of fused-ring (bicyclic) bond motifs is 1. The van der Waals surface area contributed by atoms with E-state index in [0.717, 1.165) is 22.2 Å². The average molecular weight is 322 g/mol. The summed E-state index contributed by atoms with van der Waals surface area (Å²) in [6.07, 6.45) is 0. The first kappa shape index (κ1) is 15.8. The topological polar surface area (TPSA) is 71.2 Å². The van der Waals surface area contributed by atoms with Gasteiger partial charge in [0.15, 0.2) is 6.61 Å². The third-order valence-electron chi connectivity index (χ3n) is 3.74. The van der Waals surface area contributed by atoms with Gasteiger partial charge in [-0.25, -0.2) is 0 Å². The van der Waals surface area contributed by atoms with Crippen LogP contribution in [0.3, 0.4) is 0 Å². The summed E-state index contributed by atoms with van der Waals surface area (Å²) < 4.78 is 5.59. The Hall–Kier alpha value is -3.08. The van der Waals surface area contributed by atoms with Gasteiger partial charge in [0.1, 0.15) is 5.75 Å². The second kappa shape index (κ2) is 6.58. The van der Waals surface area contributed by atoms with Crippen molar-refractivity contribution in [2.24, 2.45) is 0 Å². The van der Waals surface area contributed by atoms with Crippen molar-refractivity contribution in [3.8, 4) is 5.75 Å². The number of carbonyl (C=O) groups is 1. The fourth-order valence-electron chi connectivity index (χ4n) is 2.55. The molecule has 5 heteroatoms. The molecule has 1 aromatic heterocycles. The molecule has 0 radical (unpaired) electrons. The minimum atomic E-state index is -0.253. The number of anilines is 1. The quantitative estimate of drug-likeness (QED) is 0.775. The molecule has 2 aromatic carbocycles. The highest BCUT2D eigenvalue weighted by Crippen LogP contribution is 2.22. The molecular weight excluding hydrogens is 304 g/mol. The number of aromatic nitrogens is 1. The number of rotatable bonds is 4. The van der Waals surface area contributed by atoms with E-state index in [4.69, 9.17) is 4.74 Å². The molecule has 0 saturated carbocycles. The molecule has 1 amide bonds. The van der Waals surface area contributed by atoms with E-state index in [9.17, 15) is 9.59 Å². The molecule has 0 spiro atoms. The Balaban J connectivity index is 1.72. The first-order valence-electron chi connectivity index (χ1n) is 7.65. The van der Waals surface area contributed by atoms with Gasteiger partial charge in [0.25, 0.3) is 5.91 Å². The average Bonchev–Trinajstić information content (AvgIpc) is 2.55. The molecule has 0 saturated heterocycles. The van der Waals surface area contributed by atoms with Crippen LogP contribution in [-0.4, -0.2) is 17.5 Å². The lowest BCUT2D eigenvalue weighted by Gasteiger charge is -2.11. The molecular formula is C19H18N2O3. The van der Waals surface area contributed by atoms with Crippen molar-refractivity contribution in [2.75, 3.05) is 11.9 Å². The first-order valence-corrected chi connectivity index (χ1v) is 7.65. The molecule has 0 atom stereocenters. The van der Waals surface area contributed by atoms with Gasteiger partial charge in [-0.05, 0) is 37.6 Å². The minimum Gasteiger partial charge on any atom is -0.482 e. The molecule has 1 heterocycles. The summed E-state index contributed by atoms with van der Waals surface area (Å²) in [5, 5.41) is 3.68. The number of nitrogens with one attached hydrogen (secondary N) is 2. The van der Waals surface area contributed by atoms with Crippen LogP contribution >= 0.6 is 0 Å². The van der Waals surface area contributed by atoms with Crippen LogP contribution in [0.2, 0.25) is 0 Å². The molecule has 0 aliphatic carbocycles. The number of hydrogen-bond donors (Lipinski definition) is 2. The Morgan fingerprint density at radius 1 is 1.12 bits per heavy atom. The van der Waals surface area contributed by atoms with Gasteiger partial charge >= 0.3 is 0 Å². The van der Waals surface area contributed by atoms with Crippen molar-refractivity contribution in [1.29, 1.82) is 0 Å². The van der Waals surface area contributed by atoms with Crippen molar-refractivity contribution in [1.82, 2.24) is 4.98 Å². The van der Waals surface area contributed by atoms with E-state index in [2.05, 4.69) is 10.3 Å². The fourth-order valence-corrected chi connectivity index (χ4v) is 2.55. The molecule has 0 aliphatic heterocycles. The number of pyridine rings is 1. The number of aryl methyl sites for hydroxylation is 2. The predicted octanol–water partition coefficient (Wildman–Crippen LogP) is 3.16. The number of para-hydroxylation sites is 1. The van der Waals surface area contributed by atoms with Gasteiger partial charge in [-0.1, -0.05) is 29.8 Å². The summed E-state index contributed by atoms with van der Waals surface area (Å²) >= 11 is 0. The highest BCUT2D eigenvalue weighted by Gasteiger charge is 2.08. The Kier molecular flexibility index (Phi) is 4.33. The number of carbonyl (C=O) groups excluding carboxylic acids is 1. The van der Waals surface area contributed by atoms with E-state index in [1.165, 1.54) is 6.07 Å². The van der Waals surface area contributed by atoms with E-state index >= 15 is 0 Å². The first-order chi connectivity index (χ1) is 11.5. The monoisotopic (exact) mass is 322 g/mol. The number of hydrogen-bond acceptors (Lipinski definition) is 3. The summed E-state index contributed by atoms with van der Waals surface area (Å²) in [4.78, 5) is 26.3. The van der Waals surface area contributed by atoms with E-state index < -0.39 is 0 Å².